The van der Waals surface area contributed by atoms with E-state index in [2.05, 4.69) is 4.74 Å². The Hall–Kier alpha value is -1.69. The Bertz CT molecular complexity index is 478. The summed E-state index contributed by atoms with van der Waals surface area (Å²) in [6.07, 6.45) is -0.276. The van der Waals surface area contributed by atoms with Crippen LogP contribution in [0.5, 0.6) is 0 Å². The van der Waals surface area contributed by atoms with E-state index < -0.39 is 22.4 Å². The second kappa shape index (κ2) is 6.30. The molecular formula is C11H11ClFNO4. The van der Waals surface area contributed by atoms with Gasteiger partial charge in [0.05, 0.1) is 29.9 Å². The van der Waals surface area contributed by atoms with Crippen LogP contribution < -0.4 is 0 Å². The number of hydrogen-bond donors (Lipinski definition) is 0. The molecule has 98 valence electrons. The molecule has 0 atom stereocenters. The van der Waals surface area contributed by atoms with E-state index in [1.165, 1.54) is 6.07 Å². The van der Waals surface area contributed by atoms with Gasteiger partial charge in [0.1, 0.15) is 5.82 Å². The number of carbonyl (C=O) groups is 1. The summed E-state index contributed by atoms with van der Waals surface area (Å²) >= 11 is 5.56. The summed E-state index contributed by atoms with van der Waals surface area (Å²) in [6.45, 7) is 1.82. The van der Waals surface area contributed by atoms with Crippen molar-refractivity contribution in [2.75, 3.05) is 6.61 Å². The Morgan fingerprint density at radius 3 is 2.67 bits per heavy atom. The Morgan fingerprint density at radius 1 is 1.50 bits per heavy atom. The van der Waals surface area contributed by atoms with E-state index in [-0.39, 0.29) is 30.0 Å². The quantitative estimate of drug-likeness (QED) is 0.358. The summed E-state index contributed by atoms with van der Waals surface area (Å²) in [4.78, 5) is 21.2. The number of ether oxygens (including phenoxy) is 1. The number of esters is 1. The lowest BCUT2D eigenvalue weighted by molar-refractivity contribution is -0.385. The van der Waals surface area contributed by atoms with Crippen LogP contribution in [-0.4, -0.2) is 17.5 Å². The molecule has 0 amide bonds. The highest BCUT2D eigenvalue weighted by Gasteiger charge is 2.19. The average Bonchev–Trinajstić information content (AvgIpc) is 2.31. The van der Waals surface area contributed by atoms with E-state index in [1.807, 2.05) is 0 Å². The SMILES string of the molecule is CCOC(=O)Cc1cc(CCl)c([N+](=O)[O-])cc1F. The molecular weight excluding hydrogens is 265 g/mol. The first-order valence-electron chi connectivity index (χ1n) is 5.16. The van der Waals surface area contributed by atoms with Gasteiger partial charge >= 0.3 is 5.97 Å². The second-order valence-corrected chi connectivity index (χ2v) is 3.71. The minimum atomic E-state index is -0.816. The van der Waals surface area contributed by atoms with Crippen molar-refractivity contribution < 1.29 is 18.8 Å². The molecule has 0 aromatic heterocycles. The van der Waals surface area contributed by atoms with Crippen molar-refractivity contribution in [1.82, 2.24) is 0 Å². The number of nitro benzene ring substituents is 1. The van der Waals surface area contributed by atoms with E-state index in [9.17, 15) is 19.3 Å². The number of halogens is 2. The first-order chi connectivity index (χ1) is 8.49. The molecule has 0 aliphatic carbocycles. The maximum Gasteiger partial charge on any atom is 0.310 e. The zero-order chi connectivity index (χ0) is 13.7. The minimum Gasteiger partial charge on any atom is -0.466 e. The fraction of sp³-hybridized carbons (Fsp3) is 0.364. The second-order valence-electron chi connectivity index (χ2n) is 3.44. The molecule has 0 fully saturated rings. The monoisotopic (exact) mass is 275 g/mol. The van der Waals surface area contributed by atoms with Gasteiger partial charge in [0.15, 0.2) is 0 Å². The topological polar surface area (TPSA) is 69.4 Å². The molecule has 5 nitrogen and oxygen atoms in total. The zero-order valence-electron chi connectivity index (χ0n) is 9.61. The molecule has 0 saturated carbocycles. The predicted molar refractivity (Wildman–Crippen MR) is 62.9 cm³/mol. The predicted octanol–water partition coefficient (Wildman–Crippen LogP) is 2.58. The third-order valence-corrected chi connectivity index (χ3v) is 2.52. The molecule has 0 heterocycles. The Labute approximate surface area is 108 Å². The highest BCUT2D eigenvalue weighted by molar-refractivity contribution is 6.17. The molecule has 0 aliphatic rings. The molecule has 0 saturated heterocycles. The van der Waals surface area contributed by atoms with Gasteiger partial charge in [-0.2, -0.15) is 0 Å². The summed E-state index contributed by atoms with van der Waals surface area (Å²) in [5, 5.41) is 10.7. The van der Waals surface area contributed by atoms with E-state index in [0.29, 0.717) is 0 Å². The normalized spacial score (nSPS) is 10.2. The summed E-state index contributed by atoms with van der Waals surface area (Å²) < 4.78 is 18.3. The Kier molecular flexibility index (Phi) is 5.03. The standard InChI is InChI=1S/C11H11ClFNO4/c1-2-18-11(15)4-7-3-8(6-12)10(14(16)17)5-9(7)13/h3,5H,2,4,6H2,1H3. The van der Waals surface area contributed by atoms with Crippen LogP contribution in [0.1, 0.15) is 18.1 Å². The van der Waals surface area contributed by atoms with Crippen molar-refractivity contribution in [3.05, 3.63) is 39.2 Å². The van der Waals surface area contributed by atoms with Crippen LogP contribution in [0.25, 0.3) is 0 Å². The fourth-order valence-electron chi connectivity index (χ4n) is 1.44. The van der Waals surface area contributed by atoms with E-state index in [4.69, 9.17) is 11.6 Å². The zero-order valence-corrected chi connectivity index (χ0v) is 10.4. The summed E-state index contributed by atoms with van der Waals surface area (Å²) in [5.74, 6) is -1.54. The van der Waals surface area contributed by atoms with Gasteiger partial charge in [0.25, 0.3) is 5.69 Å². The molecule has 0 radical (unpaired) electrons. The lowest BCUT2D eigenvalue weighted by Gasteiger charge is -2.06. The highest BCUT2D eigenvalue weighted by Crippen LogP contribution is 2.24. The van der Waals surface area contributed by atoms with Gasteiger partial charge in [-0.1, -0.05) is 0 Å². The third-order valence-electron chi connectivity index (χ3n) is 2.23. The number of hydrogen-bond acceptors (Lipinski definition) is 4. The van der Waals surface area contributed by atoms with Crippen molar-refractivity contribution in [2.24, 2.45) is 0 Å². The first kappa shape index (κ1) is 14.4. The van der Waals surface area contributed by atoms with Gasteiger partial charge < -0.3 is 4.74 Å². The average molecular weight is 276 g/mol. The fourth-order valence-corrected chi connectivity index (χ4v) is 1.65. The van der Waals surface area contributed by atoms with Gasteiger partial charge in [-0.15, -0.1) is 11.6 Å². The number of nitrogens with zero attached hydrogens (tertiary/aromatic N) is 1. The Morgan fingerprint density at radius 2 is 2.17 bits per heavy atom. The van der Waals surface area contributed by atoms with Crippen molar-refractivity contribution in [3.8, 4) is 0 Å². The van der Waals surface area contributed by atoms with Gasteiger partial charge in [-0.25, -0.2) is 4.39 Å². The molecule has 1 aromatic rings. The van der Waals surface area contributed by atoms with Crippen LogP contribution in [0, 0.1) is 15.9 Å². The van der Waals surface area contributed by atoms with E-state index in [1.54, 1.807) is 6.92 Å². The van der Waals surface area contributed by atoms with Crippen LogP contribution in [0.3, 0.4) is 0 Å². The lowest BCUT2D eigenvalue weighted by Crippen LogP contribution is -2.09. The summed E-state index contributed by atoms with van der Waals surface area (Å²) in [5.41, 5.74) is -0.188. The number of carbonyl (C=O) groups excluding carboxylic acids is 1. The molecule has 0 spiro atoms. The summed E-state index contributed by atoms with van der Waals surface area (Å²) in [7, 11) is 0. The largest absolute Gasteiger partial charge is 0.466 e. The molecule has 18 heavy (non-hydrogen) atoms. The van der Waals surface area contributed by atoms with Crippen molar-refractivity contribution in [3.63, 3.8) is 0 Å². The van der Waals surface area contributed by atoms with Crippen molar-refractivity contribution >= 4 is 23.3 Å². The maximum absolute atomic E-state index is 13.6. The molecule has 0 unspecified atom stereocenters. The smallest absolute Gasteiger partial charge is 0.310 e. The van der Waals surface area contributed by atoms with Gasteiger partial charge in [0.2, 0.25) is 0 Å². The molecule has 1 aromatic carbocycles. The van der Waals surface area contributed by atoms with E-state index in [0.717, 1.165) is 6.07 Å². The Balaban J connectivity index is 3.07. The summed E-state index contributed by atoms with van der Waals surface area (Å²) in [6, 6.07) is 1.99. The van der Waals surface area contributed by atoms with Crippen LogP contribution in [0.4, 0.5) is 10.1 Å². The minimum absolute atomic E-state index is 0.0368. The van der Waals surface area contributed by atoms with Crippen molar-refractivity contribution in [1.29, 1.82) is 0 Å². The molecule has 7 heteroatoms. The number of alkyl halides is 1. The number of rotatable bonds is 5. The van der Waals surface area contributed by atoms with Crippen LogP contribution in [0.15, 0.2) is 12.1 Å². The van der Waals surface area contributed by atoms with Gasteiger partial charge in [-0.05, 0) is 18.6 Å². The van der Waals surface area contributed by atoms with Gasteiger partial charge in [-0.3, -0.25) is 14.9 Å². The first-order valence-corrected chi connectivity index (χ1v) is 5.70. The number of nitro groups is 1. The van der Waals surface area contributed by atoms with E-state index >= 15 is 0 Å². The molecule has 0 N–H and O–H groups in total. The lowest BCUT2D eigenvalue weighted by atomic mass is 10.1. The molecule has 0 aliphatic heterocycles. The van der Waals surface area contributed by atoms with Crippen LogP contribution in [0.2, 0.25) is 0 Å². The van der Waals surface area contributed by atoms with Crippen LogP contribution >= 0.6 is 11.6 Å². The third kappa shape index (κ3) is 3.40. The molecule has 1 rings (SSSR count). The maximum atomic E-state index is 13.6. The number of benzene rings is 1. The highest BCUT2D eigenvalue weighted by atomic mass is 35.5. The van der Waals surface area contributed by atoms with Gasteiger partial charge in [0, 0.05) is 5.56 Å². The molecule has 0 bridgehead atoms. The van der Waals surface area contributed by atoms with Crippen LogP contribution in [-0.2, 0) is 21.8 Å². The van der Waals surface area contributed by atoms with Crippen molar-refractivity contribution in [2.45, 2.75) is 19.2 Å².